The second kappa shape index (κ2) is 8.01. The number of carbonyl (C=O) groups is 2. The number of carbonyl (C=O) groups excluding carboxylic acids is 2. The monoisotopic (exact) mass is 364 g/mol. The molecule has 0 bridgehead atoms. The number of phenolic OH excluding ortho intramolecular Hbond substituents is 1. The van der Waals surface area contributed by atoms with Crippen molar-refractivity contribution in [1.82, 2.24) is 15.5 Å². The van der Waals surface area contributed by atoms with Gasteiger partial charge in [-0.25, -0.2) is 4.39 Å². The second-order valence-corrected chi connectivity index (χ2v) is 6.96. The Labute approximate surface area is 151 Å². The topological polar surface area (TPSA) is 108 Å². The molecule has 0 aromatic heterocycles. The van der Waals surface area contributed by atoms with Crippen LogP contribution in [0.2, 0.25) is 0 Å². The van der Waals surface area contributed by atoms with Crippen molar-refractivity contribution < 1.29 is 19.1 Å². The number of nitrogens with one attached hydrogen (secondary N) is 2. The van der Waals surface area contributed by atoms with Crippen molar-refractivity contribution in [2.24, 2.45) is 5.73 Å². The van der Waals surface area contributed by atoms with Crippen LogP contribution in [-0.4, -0.2) is 59.6 Å². The van der Waals surface area contributed by atoms with Crippen LogP contribution in [0.15, 0.2) is 18.2 Å². The normalized spacial score (nSPS) is 22.5. The summed E-state index contributed by atoms with van der Waals surface area (Å²) in [5, 5.41) is 15.2. The average molecular weight is 364 g/mol. The SMILES string of the molecule is NC(Cc1ccc(O)c(F)c1)C(=O)NC1CCN(C2CCNCC2)C1=O. The molecule has 1 aromatic rings. The largest absolute Gasteiger partial charge is 0.505 e. The molecule has 3 rings (SSSR count). The van der Waals surface area contributed by atoms with E-state index in [9.17, 15) is 19.1 Å². The standard InChI is InChI=1S/C18H25FN4O3/c19-13-9-11(1-2-16(13)24)10-14(20)17(25)22-15-5-8-23(18(15)26)12-3-6-21-7-4-12/h1-2,9,12,14-15,21,24H,3-8,10,20H2,(H,22,25). The fourth-order valence-electron chi connectivity index (χ4n) is 3.62. The van der Waals surface area contributed by atoms with Gasteiger partial charge in [-0.1, -0.05) is 6.07 Å². The van der Waals surface area contributed by atoms with Crippen LogP contribution in [0.3, 0.4) is 0 Å². The van der Waals surface area contributed by atoms with Crippen molar-refractivity contribution in [3.8, 4) is 5.75 Å². The van der Waals surface area contributed by atoms with E-state index in [0.29, 0.717) is 18.5 Å². The van der Waals surface area contributed by atoms with Gasteiger partial charge < -0.3 is 26.4 Å². The summed E-state index contributed by atoms with van der Waals surface area (Å²) < 4.78 is 13.4. The number of hydrogen-bond acceptors (Lipinski definition) is 5. The van der Waals surface area contributed by atoms with Gasteiger partial charge in [-0.3, -0.25) is 9.59 Å². The van der Waals surface area contributed by atoms with E-state index < -0.39 is 29.6 Å². The summed E-state index contributed by atoms with van der Waals surface area (Å²) in [6.45, 7) is 2.45. The van der Waals surface area contributed by atoms with Gasteiger partial charge in [0.15, 0.2) is 11.6 Å². The summed E-state index contributed by atoms with van der Waals surface area (Å²) in [6.07, 6.45) is 2.56. The number of hydrogen-bond donors (Lipinski definition) is 4. The Hall–Kier alpha value is -2.19. The molecule has 1 aromatic carbocycles. The molecule has 7 nitrogen and oxygen atoms in total. The number of likely N-dealkylation sites (tertiary alicyclic amines) is 1. The lowest BCUT2D eigenvalue weighted by Gasteiger charge is -2.31. The van der Waals surface area contributed by atoms with Crippen LogP contribution >= 0.6 is 0 Å². The Kier molecular flexibility index (Phi) is 5.73. The van der Waals surface area contributed by atoms with Gasteiger partial charge >= 0.3 is 0 Å². The molecular weight excluding hydrogens is 339 g/mol. The van der Waals surface area contributed by atoms with E-state index in [1.165, 1.54) is 12.1 Å². The molecule has 2 unspecified atom stereocenters. The van der Waals surface area contributed by atoms with Gasteiger partial charge in [0.25, 0.3) is 0 Å². The first-order chi connectivity index (χ1) is 12.5. The van der Waals surface area contributed by atoms with Gasteiger partial charge in [-0.05, 0) is 56.5 Å². The van der Waals surface area contributed by atoms with E-state index in [1.807, 2.05) is 4.90 Å². The number of amides is 2. The summed E-state index contributed by atoms with van der Waals surface area (Å²) in [4.78, 5) is 26.8. The maximum absolute atomic E-state index is 13.4. The third-order valence-electron chi connectivity index (χ3n) is 5.11. The predicted molar refractivity (Wildman–Crippen MR) is 93.9 cm³/mol. The maximum Gasteiger partial charge on any atom is 0.245 e. The molecule has 2 saturated heterocycles. The minimum Gasteiger partial charge on any atom is -0.505 e. The highest BCUT2D eigenvalue weighted by molar-refractivity contribution is 5.91. The van der Waals surface area contributed by atoms with E-state index >= 15 is 0 Å². The molecule has 2 aliphatic heterocycles. The third-order valence-corrected chi connectivity index (χ3v) is 5.11. The number of phenols is 1. The van der Waals surface area contributed by atoms with Crippen LogP contribution < -0.4 is 16.4 Å². The molecule has 2 fully saturated rings. The molecule has 26 heavy (non-hydrogen) atoms. The summed E-state index contributed by atoms with van der Waals surface area (Å²) in [6, 6.07) is 2.71. The first kappa shape index (κ1) is 18.6. The van der Waals surface area contributed by atoms with Crippen LogP contribution in [0.1, 0.15) is 24.8 Å². The van der Waals surface area contributed by atoms with E-state index in [2.05, 4.69) is 10.6 Å². The van der Waals surface area contributed by atoms with Gasteiger partial charge in [0.05, 0.1) is 6.04 Å². The fourth-order valence-corrected chi connectivity index (χ4v) is 3.62. The van der Waals surface area contributed by atoms with E-state index in [-0.39, 0.29) is 18.4 Å². The Morgan fingerprint density at radius 1 is 1.38 bits per heavy atom. The van der Waals surface area contributed by atoms with Crippen molar-refractivity contribution >= 4 is 11.8 Å². The van der Waals surface area contributed by atoms with Crippen LogP contribution in [0.5, 0.6) is 5.75 Å². The molecule has 2 aliphatic rings. The number of nitrogens with two attached hydrogens (primary N) is 1. The molecular formula is C18H25FN4O3. The highest BCUT2D eigenvalue weighted by Gasteiger charge is 2.37. The summed E-state index contributed by atoms with van der Waals surface area (Å²) in [5.41, 5.74) is 6.42. The minimum atomic E-state index is -0.889. The maximum atomic E-state index is 13.4. The number of benzene rings is 1. The number of aromatic hydroxyl groups is 1. The number of nitrogens with zero attached hydrogens (tertiary/aromatic N) is 1. The number of halogens is 1. The zero-order chi connectivity index (χ0) is 18.7. The molecule has 0 spiro atoms. The van der Waals surface area contributed by atoms with E-state index in [4.69, 9.17) is 5.73 Å². The fraction of sp³-hybridized carbons (Fsp3) is 0.556. The van der Waals surface area contributed by atoms with Crippen molar-refractivity contribution in [1.29, 1.82) is 0 Å². The molecule has 8 heteroatoms. The lowest BCUT2D eigenvalue weighted by Crippen LogP contribution is -2.51. The Morgan fingerprint density at radius 2 is 2.12 bits per heavy atom. The molecule has 0 radical (unpaired) electrons. The minimum absolute atomic E-state index is 0.0480. The van der Waals surface area contributed by atoms with Crippen molar-refractivity contribution in [3.63, 3.8) is 0 Å². The molecule has 0 aliphatic carbocycles. The zero-order valence-electron chi connectivity index (χ0n) is 14.6. The Bertz CT molecular complexity index is 678. The van der Waals surface area contributed by atoms with Crippen LogP contribution in [0.25, 0.3) is 0 Å². The van der Waals surface area contributed by atoms with E-state index in [0.717, 1.165) is 32.0 Å². The van der Waals surface area contributed by atoms with Gasteiger partial charge in [0, 0.05) is 12.6 Å². The number of rotatable bonds is 5. The molecule has 2 atom stereocenters. The zero-order valence-corrected chi connectivity index (χ0v) is 14.6. The second-order valence-electron chi connectivity index (χ2n) is 6.96. The smallest absolute Gasteiger partial charge is 0.245 e. The highest BCUT2D eigenvalue weighted by atomic mass is 19.1. The lowest BCUT2D eigenvalue weighted by molar-refractivity contribution is -0.134. The third kappa shape index (κ3) is 4.13. The first-order valence-electron chi connectivity index (χ1n) is 9.00. The highest BCUT2D eigenvalue weighted by Crippen LogP contribution is 2.20. The Morgan fingerprint density at radius 3 is 2.81 bits per heavy atom. The summed E-state index contributed by atoms with van der Waals surface area (Å²) >= 11 is 0. The van der Waals surface area contributed by atoms with Crippen LogP contribution in [-0.2, 0) is 16.0 Å². The first-order valence-corrected chi connectivity index (χ1v) is 9.00. The molecule has 142 valence electrons. The van der Waals surface area contributed by atoms with Gasteiger partial charge in [0.1, 0.15) is 6.04 Å². The van der Waals surface area contributed by atoms with Crippen LogP contribution in [0.4, 0.5) is 4.39 Å². The number of piperidine rings is 1. The quantitative estimate of drug-likeness (QED) is 0.582. The van der Waals surface area contributed by atoms with Gasteiger partial charge in [0.2, 0.25) is 11.8 Å². The van der Waals surface area contributed by atoms with Crippen LogP contribution in [0, 0.1) is 5.82 Å². The molecule has 0 saturated carbocycles. The van der Waals surface area contributed by atoms with Crippen molar-refractivity contribution in [2.75, 3.05) is 19.6 Å². The molecule has 2 amide bonds. The summed E-state index contributed by atoms with van der Waals surface area (Å²) in [5.74, 6) is -1.67. The molecule has 5 N–H and O–H groups in total. The van der Waals surface area contributed by atoms with Crippen molar-refractivity contribution in [2.45, 2.75) is 43.8 Å². The lowest BCUT2D eigenvalue weighted by atomic mass is 10.0. The van der Waals surface area contributed by atoms with Gasteiger partial charge in [-0.15, -0.1) is 0 Å². The van der Waals surface area contributed by atoms with E-state index in [1.54, 1.807) is 0 Å². The van der Waals surface area contributed by atoms with Gasteiger partial charge in [-0.2, -0.15) is 0 Å². The summed E-state index contributed by atoms with van der Waals surface area (Å²) in [7, 11) is 0. The predicted octanol–water partition coefficient (Wildman–Crippen LogP) is -0.130. The molecule has 2 heterocycles. The Balaban J connectivity index is 1.53. The average Bonchev–Trinajstić information content (AvgIpc) is 2.99. The van der Waals surface area contributed by atoms with Crippen molar-refractivity contribution in [3.05, 3.63) is 29.6 Å².